The van der Waals surface area contributed by atoms with Gasteiger partial charge >= 0.3 is 0 Å². The van der Waals surface area contributed by atoms with Crippen LogP contribution in [-0.2, 0) is 0 Å². The normalized spacial score (nSPS) is 24.0. The number of nitrogens with one attached hydrogen (secondary N) is 1. The van der Waals surface area contributed by atoms with Crippen molar-refractivity contribution < 1.29 is 9.72 Å². The molecule has 1 saturated heterocycles. The maximum atomic E-state index is 12.5. The van der Waals surface area contributed by atoms with Crippen LogP contribution < -0.4 is 11.3 Å². The molecule has 2 fully saturated rings. The van der Waals surface area contributed by atoms with E-state index < -0.39 is 4.92 Å². The number of carbonyl (C=O) groups is 1. The molecule has 21 heavy (non-hydrogen) atoms. The van der Waals surface area contributed by atoms with E-state index in [0.717, 1.165) is 13.1 Å². The van der Waals surface area contributed by atoms with Crippen molar-refractivity contribution in [2.45, 2.75) is 19.3 Å². The summed E-state index contributed by atoms with van der Waals surface area (Å²) in [5.41, 5.74) is 2.75. The summed E-state index contributed by atoms with van der Waals surface area (Å²) in [6.45, 7) is 1.59. The van der Waals surface area contributed by atoms with E-state index in [2.05, 4.69) is 5.43 Å². The molecule has 1 aromatic rings. The summed E-state index contributed by atoms with van der Waals surface area (Å²) in [6.07, 6.45) is 3.66. The van der Waals surface area contributed by atoms with Gasteiger partial charge in [-0.05, 0) is 36.8 Å². The van der Waals surface area contributed by atoms with Crippen LogP contribution in [0.5, 0.6) is 0 Å². The summed E-state index contributed by atoms with van der Waals surface area (Å²) in [5.74, 6) is 6.48. The van der Waals surface area contributed by atoms with Gasteiger partial charge in [0.2, 0.25) is 0 Å². The standard InChI is InChI=1S/C14H18N4O3/c15-16-12-6-9(4-5-13(12)18(20)21)14(19)17-7-10-2-1-3-11(10)8-17/h4-6,10-11,16H,1-3,7-8,15H2. The van der Waals surface area contributed by atoms with E-state index in [1.54, 1.807) is 0 Å². The van der Waals surface area contributed by atoms with E-state index in [9.17, 15) is 14.9 Å². The molecule has 7 nitrogen and oxygen atoms in total. The van der Waals surface area contributed by atoms with Gasteiger partial charge in [0.25, 0.3) is 11.6 Å². The smallest absolute Gasteiger partial charge is 0.293 e. The van der Waals surface area contributed by atoms with Gasteiger partial charge in [0, 0.05) is 24.7 Å². The maximum Gasteiger partial charge on any atom is 0.293 e. The number of benzene rings is 1. The third kappa shape index (κ3) is 2.44. The van der Waals surface area contributed by atoms with Crippen molar-refractivity contribution in [3.8, 4) is 0 Å². The first-order valence-electron chi connectivity index (χ1n) is 7.14. The molecule has 0 spiro atoms. The summed E-state index contributed by atoms with van der Waals surface area (Å²) >= 11 is 0. The van der Waals surface area contributed by atoms with Crippen LogP contribution in [0.2, 0.25) is 0 Å². The van der Waals surface area contributed by atoms with Crippen molar-refractivity contribution in [3.63, 3.8) is 0 Å². The van der Waals surface area contributed by atoms with Gasteiger partial charge in [0.1, 0.15) is 5.69 Å². The van der Waals surface area contributed by atoms with Gasteiger partial charge in [-0.1, -0.05) is 6.42 Å². The SMILES string of the molecule is NNc1cc(C(=O)N2CC3CCCC3C2)ccc1[N+](=O)[O-]. The topological polar surface area (TPSA) is 102 Å². The Morgan fingerprint density at radius 1 is 1.33 bits per heavy atom. The fourth-order valence-electron chi connectivity index (χ4n) is 3.53. The molecule has 1 aromatic carbocycles. The van der Waals surface area contributed by atoms with E-state index in [1.807, 2.05) is 4.90 Å². The Morgan fingerprint density at radius 2 is 2.00 bits per heavy atom. The van der Waals surface area contributed by atoms with Gasteiger partial charge in [-0.2, -0.15) is 0 Å². The highest BCUT2D eigenvalue weighted by Gasteiger charge is 2.38. The Kier molecular flexibility index (Phi) is 3.50. The van der Waals surface area contributed by atoms with Crippen LogP contribution in [0, 0.1) is 22.0 Å². The van der Waals surface area contributed by atoms with Gasteiger partial charge < -0.3 is 10.3 Å². The number of likely N-dealkylation sites (tertiary alicyclic amines) is 1. The molecule has 0 aromatic heterocycles. The number of anilines is 1. The lowest BCUT2D eigenvalue weighted by Gasteiger charge is -2.17. The number of nitro benzene ring substituents is 1. The number of carbonyl (C=O) groups excluding carboxylic acids is 1. The molecule has 1 aliphatic heterocycles. The molecule has 112 valence electrons. The minimum atomic E-state index is -0.524. The molecule has 1 aliphatic carbocycles. The molecular weight excluding hydrogens is 272 g/mol. The minimum absolute atomic E-state index is 0.0733. The van der Waals surface area contributed by atoms with E-state index in [4.69, 9.17) is 5.84 Å². The molecule has 1 heterocycles. The molecule has 1 saturated carbocycles. The lowest BCUT2D eigenvalue weighted by molar-refractivity contribution is -0.384. The predicted molar refractivity (Wildman–Crippen MR) is 77.6 cm³/mol. The number of nitrogens with zero attached hydrogens (tertiary/aromatic N) is 2. The molecule has 3 rings (SSSR count). The summed E-state index contributed by atoms with van der Waals surface area (Å²) < 4.78 is 0. The van der Waals surface area contributed by atoms with Crippen molar-refractivity contribution in [1.29, 1.82) is 0 Å². The number of amides is 1. The Balaban J connectivity index is 1.80. The zero-order chi connectivity index (χ0) is 15.0. The molecule has 1 amide bonds. The number of nitrogen functional groups attached to an aromatic ring is 1. The largest absolute Gasteiger partial charge is 0.338 e. The lowest BCUT2D eigenvalue weighted by atomic mass is 10.0. The molecule has 0 radical (unpaired) electrons. The zero-order valence-corrected chi connectivity index (χ0v) is 11.6. The van der Waals surface area contributed by atoms with Crippen LogP contribution in [0.1, 0.15) is 29.6 Å². The number of hydrogen-bond acceptors (Lipinski definition) is 5. The van der Waals surface area contributed by atoms with Gasteiger partial charge in [-0.15, -0.1) is 0 Å². The second-order valence-corrected chi connectivity index (χ2v) is 5.79. The maximum absolute atomic E-state index is 12.5. The Morgan fingerprint density at radius 3 is 2.57 bits per heavy atom. The zero-order valence-electron chi connectivity index (χ0n) is 11.6. The van der Waals surface area contributed by atoms with Crippen molar-refractivity contribution in [1.82, 2.24) is 4.90 Å². The van der Waals surface area contributed by atoms with Crippen LogP contribution >= 0.6 is 0 Å². The molecule has 3 N–H and O–H groups in total. The highest BCUT2D eigenvalue weighted by atomic mass is 16.6. The first kappa shape index (κ1) is 13.8. The summed E-state index contributed by atoms with van der Waals surface area (Å²) in [7, 11) is 0. The van der Waals surface area contributed by atoms with Gasteiger partial charge in [-0.3, -0.25) is 20.8 Å². The van der Waals surface area contributed by atoms with Crippen LogP contribution in [-0.4, -0.2) is 28.8 Å². The Bertz CT molecular complexity index is 578. The van der Waals surface area contributed by atoms with Crippen LogP contribution in [0.4, 0.5) is 11.4 Å². The molecule has 2 aliphatic rings. The number of hydrogen-bond donors (Lipinski definition) is 2. The molecular formula is C14H18N4O3. The Labute approximate surface area is 122 Å². The van der Waals surface area contributed by atoms with E-state index in [-0.39, 0.29) is 17.3 Å². The van der Waals surface area contributed by atoms with E-state index in [1.165, 1.54) is 37.5 Å². The first-order valence-corrected chi connectivity index (χ1v) is 7.14. The molecule has 0 bridgehead atoms. The van der Waals surface area contributed by atoms with Crippen LogP contribution in [0.25, 0.3) is 0 Å². The van der Waals surface area contributed by atoms with Crippen molar-refractivity contribution in [2.75, 3.05) is 18.5 Å². The molecule has 2 unspecified atom stereocenters. The summed E-state index contributed by atoms with van der Waals surface area (Å²) in [6, 6.07) is 4.27. The number of nitro groups is 1. The number of rotatable bonds is 3. The van der Waals surface area contributed by atoms with Crippen molar-refractivity contribution in [3.05, 3.63) is 33.9 Å². The third-order valence-corrected chi connectivity index (χ3v) is 4.61. The van der Waals surface area contributed by atoms with Crippen molar-refractivity contribution in [2.24, 2.45) is 17.7 Å². The van der Waals surface area contributed by atoms with Crippen LogP contribution in [0.15, 0.2) is 18.2 Å². The monoisotopic (exact) mass is 290 g/mol. The summed E-state index contributed by atoms with van der Waals surface area (Å²) in [5, 5.41) is 10.9. The lowest BCUT2D eigenvalue weighted by Crippen LogP contribution is -2.29. The van der Waals surface area contributed by atoms with Crippen LogP contribution in [0.3, 0.4) is 0 Å². The average Bonchev–Trinajstić information content (AvgIpc) is 3.06. The molecule has 2 atom stereocenters. The summed E-state index contributed by atoms with van der Waals surface area (Å²) in [4.78, 5) is 24.7. The quantitative estimate of drug-likeness (QED) is 0.501. The average molecular weight is 290 g/mol. The van der Waals surface area contributed by atoms with Gasteiger partial charge in [-0.25, -0.2) is 0 Å². The first-order chi connectivity index (χ1) is 10.1. The minimum Gasteiger partial charge on any atom is -0.338 e. The number of hydrazine groups is 1. The Hall–Kier alpha value is -2.15. The number of fused-ring (bicyclic) bond motifs is 1. The predicted octanol–water partition coefficient (Wildman–Crippen LogP) is 1.75. The van der Waals surface area contributed by atoms with E-state index in [0.29, 0.717) is 17.4 Å². The second-order valence-electron chi connectivity index (χ2n) is 5.79. The van der Waals surface area contributed by atoms with Crippen molar-refractivity contribution >= 4 is 17.3 Å². The van der Waals surface area contributed by atoms with Gasteiger partial charge in [0.15, 0.2) is 0 Å². The van der Waals surface area contributed by atoms with Gasteiger partial charge in [0.05, 0.1) is 4.92 Å². The second kappa shape index (κ2) is 5.33. The third-order valence-electron chi connectivity index (χ3n) is 4.61. The number of nitrogens with two attached hydrogens (primary N) is 1. The molecule has 7 heteroatoms. The fraction of sp³-hybridized carbons (Fsp3) is 0.500. The fourth-order valence-corrected chi connectivity index (χ4v) is 3.53. The highest BCUT2D eigenvalue weighted by molar-refractivity contribution is 5.96. The van der Waals surface area contributed by atoms with E-state index >= 15 is 0 Å². The highest BCUT2D eigenvalue weighted by Crippen LogP contribution is 2.38.